The Labute approximate surface area is 117 Å². The molecule has 0 unspecified atom stereocenters. The molecule has 1 aromatic rings. The van der Waals surface area contributed by atoms with Gasteiger partial charge < -0.3 is 14.8 Å². The van der Waals surface area contributed by atoms with Gasteiger partial charge in [0.25, 0.3) is 0 Å². The quantitative estimate of drug-likeness (QED) is 0.694. The summed E-state index contributed by atoms with van der Waals surface area (Å²) in [5, 5.41) is 3.44. The van der Waals surface area contributed by atoms with Crippen LogP contribution in [0.1, 0.15) is 38.7 Å². The fourth-order valence-electron chi connectivity index (χ4n) is 2.06. The van der Waals surface area contributed by atoms with Gasteiger partial charge in [-0.1, -0.05) is 26.3 Å². The Kier molecular flexibility index (Phi) is 7.34. The Morgan fingerprint density at radius 1 is 1.00 bits per heavy atom. The minimum Gasteiger partial charge on any atom is -0.493 e. The highest BCUT2D eigenvalue weighted by Crippen LogP contribution is 2.28. The normalized spacial score (nSPS) is 10.8. The first-order chi connectivity index (χ1) is 9.17. The summed E-state index contributed by atoms with van der Waals surface area (Å²) in [6.45, 7) is 5.48. The van der Waals surface area contributed by atoms with Gasteiger partial charge in [0, 0.05) is 6.04 Å². The van der Waals surface area contributed by atoms with Gasteiger partial charge in [0.2, 0.25) is 0 Å². The first-order valence-corrected chi connectivity index (χ1v) is 7.11. The van der Waals surface area contributed by atoms with Crippen LogP contribution in [-0.2, 0) is 6.42 Å². The topological polar surface area (TPSA) is 30.5 Å². The molecule has 1 aromatic carbocycles. The molecule has 0 fully saturated rings. The van der Waals surface area contributed by atoms with Crippen LogP contribution in [-0.4, -0.2) is 26.8 Å². The third-order valence-electron chi connectivity index (χ3n) is 3.14. The molecule has 0 aliphatic heterocycles. The van der Waals surface area contributed by atoms with E-state index >= 15 is 0 Å². The SMILES string of the molecule is COc1ccc(CCCCCNC(C)C)cc1OC. The summed E-state index contributed by atoms with van der Waals surface area (Å²) < 4.78 is 10.6. The molecule has 0 aliphatic rings. The molecule has 0 aromatic heterocycles. The Morgan fingerprint density at radius 3 is 2.37 bits per heavy atom. The highest BCUT2D eigenvalue weighted by molar-refractivity contribution is 5.42. The van der Waals surface area contributed by atoms with E-state index in [1.54, 1.807) is 14.2 Å². The second-order valence-corrected chi connectivity index (χ2v) is 5.11. The van der Waals surface area contributed by atoms with Gasteiger partial charge in [-0.15, -0.1) is 0 Å². The average molecular weight is 265 g/mol. The molecule has 0 atom stereocenters. The summed E-state index contributed by atoms with van der Waals surface area (Å²) in [6.07, 6.45) is 4.82. The van der Waals surface area contributed by atoms with Crippen LogP contribution in [0.5, 0.6) is 11.5 Å². The third kappa shape index (κ3) is 5.97. The Hall–Kier alpha value is -1.22. The van der Waals surface area contributed by atoms with Gasteiger partial charge >= 0.3 is 0 Å². The van der Waals surface area contributed by atoms with Crippen molar-refractivity contribution in [1.82, 2.24) is 5.32 Å². The molecule has 1 rings (SSSR count). The molecular formula is C16H27NO2. The van der Waals surface area contributed by atoms with Crippen molar-refractivity contribution in [2.45, 2.75) is 45.6 Å². The molecule has 0 spiro atoms. The van der Waals surface area contributed by atoms with E-state index in [-0.39, 0.29) is 0 Å². The second kappa shape index (κ2) is 8.81. The van der Waals surface area contributed by atoms with Gasteiger partial charge in [-0.3, -0.25) is 0 Å². The van der Waals surface area contributed by atoms with E-state index in [9.17, 15) is 0 Å². The lowest BCUT2D eigenvalue weighted by atomic mass is 10.1. The molecule has 19 heavy (non-hydrogen) atoms. The van der Waals surface area contributed by atoms with Crippen molar-refractivity contribution < 1.29 is 9.47 Å². The van der Waals surface area contributed by atoms with Crippen molar-refractivity contribution in [2.24, 2.45) is 0 Å². The first-order valence-electron chi connectivity index (χ1n) is 7.11. The van der Waals surface area contributed by atoms with Crippen LogP contribution in [0.2, 0.25) is 0 Å². The van der Waals surface area contributed by atoms with Crippen LogP contribution in [0, 0.1) is 0 Å². The fourth-order valence-corrected chi connectivity index (χ4v) is 2.06. The highest BCUT2D eigenvalue weighted by Gasteiger charge is 2.04. The van der Waals surface area contributed by atoms with E-state index < -0.39 is 0 Å². The number of aryl methyl sites for hydroxylation is 1. The minimum atomic E-state index is 0.589. The second-order valence-electron chi connectivity index (χ2n) is 5.11. The van der Waals surface area contributed by atoms with Crippen LogP contribution < -0.4 is 14.8 Å². The molecular weight excluding hydrogens is 238 g/mol. The van der Waals surface area contributed by atoms with E-state index in [4.69, 9.17) is 9.47 Å². The van der Waals surface area contributed by atoms with Crippen LogP contribution in [0.25, 0.3) is 0 Å². The van der Waals surface area contributed by atoms with E-state index in [0.29, 0.717) is 6.04 Å². The summed E-state index contributed by atoms with van der Waals surface area (Å²) in [5.41, 5.74) is 1.31. The number of methoxy groups -OCH3 is 2. The van der Waals surface area contributed by atoms with Crippen molar-refractivity contribution >= 4 is 0 Å². The van der Waals surface area contributed by atoms with Gasteiger partial charge in [0.15, 0.2) is 11.5 Å². The van der Waals surface area contributed by atoms with E-state index in [1.807, 2.05) is 6.07 Å². The summed E-state index contributed by atoms with van der Waals surface area (Å²) in [7, 11) is 3.35. The minimum absolute atomic E-state index is 0.589. The number of benzene rings is 1. The molecule has 3 heteroatoms. The van der Waals surface area contributed by atoms with Crippen LogP contribution in [0.15, 0.2) is 18.2 Å². The molecule has 3 nitrogen and oxygen atoms in total. The molecule has 0 bridgehead atoms. The van der Waals surface area contributed by atoms with Crippen LogP contribution >= 0.6 is 0 Å². The average Bonchev–Trinajstić information content (AvgIpc) is 2.42. The number of hydrogen-bond acceptors (Lipinski definition) is 3. The van der Waals surface area contributed by atoms with Crippen molar-refractivity contribution in [3.05, 3.63) is 23.8 Å². The van der Waals surface area contributed by atoms with E-state index in [2.05, 4.69) is 31.3 Å². The summed E-state index contributed by atoms with van der Waals surface area (Å²) >= 11 is 0. The predicted octanol–water partition coefficient (Wildman–Crippen LogP) is 3.41. The fraction of sp³-hybridized carbons (Fsp3) is 0.625. The van der Waals surface area contributed by atoms with Crippen LogP contribution in [0.4, 0.5) is 0 Å². The maximum absolute atomic E-state index is 5.31. The van der Waals surface area contributed by atoms with Gasteiger partial charge in [-0.25, -0.2) is 0 Å². The zero-order valence-electron chi connectivity index (χ0n) is 12.7. The van der Waals surface area contributed by atoms with Gasteiger partial charge in [0.05, 0.1) is 14.2 Å². The number of hydrogen-bond donors (Lipinski definition) is 1. The zero-order chi connectivity index (χ0) is 14.1. The Morgan fingerprint density at radius 2 is 1.74 bits per heavy atom. The molecule has 0 saturated heterocycles. The zero-order valence-corrected chi connectivity index (χ0v) is 12.7. The molecule has 0 amide bonds. The van der Waals surface area contributed by atoms with Crippen molar-refractivity contribution in [3.8, 4) is 11.5 Å². The Balaban J connectivity index is 2.29. The predicted molar refractivity (Wildman–Crippen MR) is 80.2 cm³/mol. The largest absolute Gasteiger partial charge is 0.493 e. The monoisotopic (exact) mass is 265 g/mol. The number of unbranched alkanes of at least 4 members (excludes halogenated alkanes) is 2. The van der Waals surface area contributed by atoms with Crippen molar-refractivity contribution in [2.75, 3.05) is 20.8 Å². The molecule has 0 saturated carbocycles. The molecule has 0 heterocycles. The Bertz CT molecular complexity index is 364. The van der Waals surface area contributed by atoms with Crippen molar-refractivity contribution in [1.29, 1.82) is 0 Å². The molecule has 0 aliphatic carbocycles. The standard InChI is InChI=1S/C16H27NO2/c1-13(2)17-11-7-5-6-8-14-9-10-15(18-3)16(12-14)19-4/h9-10,12-13,17H,5-8,11H2,1-4H3. The first kappa shape index (κ1) is 15.8. The molecule has 1 N–H and O–H groups in total. The van der Waals surface area contributed by atoms with Gasteiger partial charge in [-0.05, 0) is 43.5 Å². The third-order valence-corrected chi connectivity index (χ3v) is 3.14. The number of ether oxygens (including phenoxy) is 2. The lowest BCUT2D eigenvalue weighted by molar-refractivity contribution is 0.354. The smallest absolute Gasteiger partial charge is 0.160 e. The maximum Gasteiger partial charge on any atom is 0.160 e. The summed E-state index contributed by atoms with van der Waals surface area (Å²) in [4.78, 5) is 0. The lowest BCUT2D eigenvalue weighted by Gasteiger charge is -2.10. The van der Waals surface area contributed by atoms with Gasteiger partial charge in [-0.2, -0.15) is 0 Å². The van der Waals surface area contributed by atoms with E-state index in [1.165, 1.54) is 24.8 Å². The van der Waals surface area contributed by atoms with Crippen molar-refractivity contribution in [3.63, 3.8) is 0 Å². The van der Waals surface area contributed by atoms with Gasteiger partial charge in [0.1, 0.15) is 0 Å². The number of rotatable bonds is 9. The summed E-state index contributed by atoms with van der Waals surface area (Å²) in [6, 6.07) is 6.76. The molecule has 108 valence electrons. The van der Waals surface area contributed by atoms with E-state index in [0.717, 1.165) is 24.5 Å². The maximum atomic E-state index is 5.31. The molecule has 0 radical (unpaired) electrons. The summed E-state index contributed by atoms with van der Waals surface area (Å²) in [5.74, 6) is 1.62. The highest BCUT2D eigenvalue weighted by atomic mass is 16.5. The van der Waals surface area contributed by atoms with Crippen LogP contribution in [0.3, 0.4) is 0 Å². The lowest BCUT2D eigenvalue weighted by Crippen LogP contribution is -2.23. The number of nitrogens with one attached hydrogen (secondary N) is 1.